The van der Waals surface area contributed by atoms with Crippen LogP contribution in [0.5, 0.6) is 11.5 Å². The van der Waals surface area contributed by atoms with Crippen LogP contribution in [0.4, 0.5) is 0 Å². The van der Waals surface area contributed by atoms with E-state index >= 15 is 0 Å². The van der Waals surface area contributed by atoms with Crippen LogP contribution in [0.25, 0.3) is 10.9 Å². The first-order chi connectivity index (χ1) is 9.97. The summed E-state index contributed by atoms with van der Waals surface area (Å²) in [6.07, 6.45) is -0.0802. The standard InChI is InChI=1S/C15H16ClNO4/c1-8(2)21-12-7-10(15(18)20-4)17-14-11(19-3)6-5-9(16)13(12)14/h5-8H,1-4H3. The van der Waals surface area contributed by atoms with Gasteiger partial charge in [0.2, 0.25) is 0 Å². The highest BCUT2D eigenvalue weighted by Crippen LogP contribution is 2.37. The van der Waals surface area contributed by atoms with E-state index in [1.165, 1.54) is 20.3 Å². The molecule has 0 amide bonds. The van der Waals surface area contributed by atoms with E-state index in [2.05, 4.69) is 4.98 Å². The molecule has 0 atom stereocenters. The van der Waals surface area contributed by atoms with Crippen LogP contribution < -0.4 is 9.47 Å². The van der Waals surface area contributed by atoms with Crippen molar-refractivity contribution in [3.8, 4) is 11.5 Å². The smallest absolute Gasteiger partial charge is 0.356 e. The predicted molar refractivity (Wildman–Crippen MR) is 80.4 cm³/mol. The van der Waals surface area contributed by atoms with Gasteiger partial charge in [0.25, 0.3) is 0 Å². The summed E-state index contributed by atoms with van der Waals surface area (Å²) in [6, 6.07) is 4.92. The highest BCUT2D eigenvalue weighted by atomic mass is 35.5. The third-order valence-corrected chi connectivity index (χ3v) is 3.13. The van der Waals surface area contributed by atoms with Crippen molar-refractivity contribution in [2.75, 3.05) is 14.2 Å². The minimum absolute atomic E-state index is 0.0802. The maximum Gasteiger partial charge on any atom is 0.356 e. The van der Waals surface area contributed by atoms with Crippen molar-refractivity contribution in [1.82, 2.24) is 4.98 Å². The molecule has 0 saturated heterocycles. The molecule has 0 spiro atoms. The number of ether oxygens (including phenoxy) is 3. The second kappa shape index (κ2) is 6.18. The van der Waals surface area contributed by atoms with Crippen LogP contribution in [0.3, 0.4) is 0 Å². The second-order valence-electron chi connectivity index (χ2n) is 4.64. The summed E-state index contributed by atoms with van der Waals surface area (Å²) in [4.78, 5) is 16.0. The SMILES string of the molecule is COC(=O)c1cc(OC(C)C)c2c(Cl)ccc(OC)c2n1. The van der Waals surface area contributed by atoms with E-state index in [1.54, 1.807) is 12.1 Å². The molecule has 21 heavy (non-hydrogen) atoms. The lowest BCUT2D eigenvalue weighted by Crippen LogP contribution is -2.10. The van der Waals surface area contributed by atoms with Gasteiger partial charge in [0.15, 0.2) is 5.69 Å². The Hall–Kier alpha value is -2.01. The number of carbonyl (C=O) groups excluding carboxylic acids is 1. The summed E-state index contributed by atoms with van der Waals surface area (Å²) in [7, 11) is 2.82. The quantitative estimate of drug-likeness (QED) is 0.809. The van der Waals surface area contributed by atoms with E-state index in [-0.39, 0.29) is 11.8 Å². The van der Waals surface area contributed by atoms with Crippen LogP contribution in [0.15, 0.2) is 18.2 Å². The van der Waals surface area contributed by atoms with Gasteiger partial charge in [-0.15, -0.1) is 0 Å². The van der Waals surface area contributed by atoms with Crippen LogP contribution in [0.1, 0.15) is 24.3 Å². The Morgan fingerprint density at radius 3 is 2.52 bits per heavy atom. The number of halogens is 1. The van der Waals surface area contributed by atoms with E-state index in [9.17, 15) is 4.79 Å². The van der Waals surface area contributed by atoms with Crippen molar-refractivity contribution in [3.05, 3.63) is 28.9 Å². The summed E-state index contributed by atoms with van der Waals surface area (Å²) >= 11 is 6.25. The number of hydrogen-bond acceptors (Lipinski definition) is 5. The van der Waals surface area contributed by atoms with E-state index in [4.69, 9.17) is 25.8 Å². The Kier molecular flexibility index (Phi) is 4.53. The molecule has 0 N–H and O–H groups in total. The number of hydrogen-bond donors (Lipinski definition) is 0. The maximum absolute atomic E-state index is 11.8. The zero-order chi connectivity index (χ0) is 15.6. The Morgan fingerprint density at radius 2 is 1.95 bits per heavy atom. The van der Waals surface area contributed by atoms with Crippen molar-refractivity contribution >= 4 is 28.5 Å². The fourth-order valence-corrected chi connectivity index (χ4v) is 2.21. The molecule has 2 rings (SSSR count). The van der Waals surface area contributed by atoms with Crippen molar-refractivity contribution in [1.29, 1.82) is 0 Å². The van der Waals surface area contributed by atoms with Gasteiger partial charge < -0.3 is 14.2 Å². The molecule has 0 radical (unpaired) electrons. The highest BCUT2D eigenvalue weighted by molar-refractivity contribution is 6.36. The number of fused-ring (bicyclic) bond motifs is 1. The molecule has 112 valence electrons. The molecule has 0 saturated carbocycles. The second-order valence-corrected chi connectivity index (χ2v) is 5.04. The number of carbonyl (C=O) groups is 1. The number of pyridine rings is 1. The normalized spacial score (nSPS) is 10.8. The Morgan fingerprint density at radius 1 is 1.24 bits per heavy atom. The number of aromatic nitrogens is 1. The highest BCUT2D eigenvalue weighted by Gasteiger charge is 2.18. The van der Waals surface area contributed by atoms with Crippen molar-refractivity contribution in [2.45, 2.75) is 20.0 Å². The first-order valence-electron chi connectivity index (χ1n) is 6.40. The molecule has 1 aromatic heterocycles. The fraction of sp³-hybridized carbons (Fsp3) is 0.333. The third-order valence-electron chi connectivity index (χ3n) is 2.81. The minimum atomic E-state index is -0.549. The number of rotatable bonds is 4. The topological polar surface area (TPSA) is 57.7 Å². The van der Waals surface area contributed by atoms with Crippen LogP contribution in [0, 0.1) is 0 Å². The zero-order valence-electron chi connectivity index (χ0n) is 12.3. The summed E-state index contributed by atoms with van der Waals surface area (Å²) in [5, 5.41) is 1.09. The molecular weight excluding hydrogens is 294 g/mol. The Labute approximate surface area is 127 Å². The first-order valence-corrected chi connectivity index (χ1v) is 6.78. The molecule has 0 bridgehead atoms. The van der Waals surface area contributed by atoms with Gasteiger partial charge in [0.05, 0.1) is 30.7 Å². The van der Waals surface area contributed by atoms with Gasteiger partial charge in [-0.25, -0.2) is 9.78 Å². The molecule has 2 aromatic rings. The lowest BCUT2D eigenvalue weighted by Gasteiger charge is -2.15. The minimum Gasteiger partial charge on any atom is -0.494 e. The molecule has 0 aliphatic rings. The molecule has 0 fully saturated rings. The molecule has 0 aliphatic carbocycles. The van der Waals surface area contributed by atoms with E-state index in [0.717, 1.165) is 0 Å². The number of methoxy groups -OCH3 is 2. The van der Waals surface area contributed by atoms with Gasteiger partial charge in [0, 0.05) is 6.07 Å². The predicted octanol–water partition coefficient (Wildman–Crippen LogP) is 3.47. The van der Waals surface area contributed by atoms with Gasteiger partial charge in [-0.1, -0.05) is 11.6 Å². The van der Waals surface area contributed by atoms with Gasteiger partial charge >= 0.3 is 5.97 Å². The van der Waals surface area contributed by atoms with Gasteiger partial charge in [0.1, 0.15) is 17.0 Å². The molecule has 0 aliphatic heterocycles. The Bertz CT molecular complexity index is 685. The summed E-state index contributed by atoms with van der Waals surface area (Å²) in [6.45, 7) is 3.77. The van der Waals surface area contributed by atoms with Crippen LogP contribution in [-0.2, 0) is 4.74 Å². The first kappa shape index (κ1) is 15.4. The van der Waals surface area contributed by atoms with Crippen molar-refractivity contribution in [3.63, 3.8) is 0 Å². The number of esters is 1. The summed E-state index contributed by atoms with van der Waals surface area (Å²) < 4.78 is 15.8. The van der Waals surface area contributed by atoms with Gasteiger partial charge in [-0.05, 0) is 26.0 Å². The molecule has 1 heterocycles. The van der Waals surface area contributed by atoms with Crippen molar-refractivity contribution in [2.24, 2.45) is 0 Å². The van der Waals surface area contributed by atoms with Gasteiger partial charge in [-0.2, -0.15) is 0 Å². The van der Waals surface area contributed by atoms with Gasteiger partial charge in [-0.3, -0.25) is 0 Å². The number of nitrogens with zero attached hydrogens (tertiary/aromatic N) is 1. The van der Waals surface area contributed by atoms with Crippen LogP contribution >= 0.6 is 11.6 Å². The molecule has 6 heteroatoms. The molecule has 5 nitrogen and oxygen atoms in total. The van der Waals surface area contributed by atoms with E-state index < -0.39 is 5.97 Å². The average molecular weight is 310 g/mol. The average Bonchev–Trinajstić information content (AvgIpc) is 2.45. The molecule has 0 unspecified atom stereocenters. The van der Waals surface area contributed by atoms with Crippen LogP contribution in [0.2, 0.25) is 5.02 Å². The Balaban J connectivity index is 2.80. The molecule has 1 aromatic carbocycles. The fourth-order valence-electron chi connectivity index (χ4n) is 1.96. The van der Waals surface area contributed by atoms with E-state index in [1.807, 2.05) is 13.8 Å². The lowest BCUT2D eigenvalue weighted by atomic mass is 10.1. The van der Waals surface area contributed by atoms with Crippen LogP contribution in [-0.4, -0.2) is 31.3 Å². The lowest BCUT2D eigenvalue weighted by molar-refractivity contribution is 0.0593. The number of benzene rings is 1. The largest absolute Gasteiger partial charge is 0.494 e. The zero-order valence-corrected chi connectivity index (χ0v) is 13.0. The van der Waals surface area contributed by atoms with Crippen molar-refractivity contribution < 1.29 is 19.0 Å². The molecular formula is C15H16ClNO4. The summed E-state index contributed by atoms with van der Waals surface area (Å²) in [5.74, 6) is 0.431. The third kappa shape index (κ3) is 3.03. The summed E-state index contributed by atoms with van der Waals surface area (Å²) in [5.41, 5.74) is 0.602. The van der Waals surface area contributed by atoms with E-state index in [0.29, 0.717) is 27.4 Å². The maximum atomic E-state index is 11.8. The monoisotopic (exact) mass is 309 g/mol.